The number of amides is 1. The Balaban J connectivity index is 2.08. The van der Waals surface area contributed by atoms with Crippen LogP contribution in [-0.4, -0.2) is 70.2 Å². The molecule has 3 rings (SSSR count). The van der Waals surface area contributed by atoms with E-state index in [1.165, 1.54) is 14.2 Å². The number of carbonyl (C=O) groups excluding carboxylic acids is 1. The average molecular weight is 417 g/mol. The summed E-state index contributed by atoms with van der Waals surface area (Å²) in [5, 5.41) is 9.95. The number of methoxy groups -OCH3 is 4. The van der Waals surface area contributed by atoms with Crippen LogP contribution in [0.25, 0.3) is 0 Å². The fraction of sp³-hybridized carbons (Fsp3) is 0.409. The van der Waals surface area contributed by atoms with E-state index in [-0.39, 0.29) is 12.5 Å². The molecular weight excluding hydrogens is 390 g/mol. The molecule has 1 aliphatic heterocycles. The molecule has 1 N–H and O–H groups in total. The minimum absolute atomic E-state index is 0.244. The topological polar surface area (TPSA) is 86.7 Å². The second-order valence-electron chi connectivity index (χ2n) is 6.69. The molecule has 8 heteroatoms. The summed E-state index contributed by atoms with van der Waals surface area (Å²) < 4.78 is 27.3. The Morgan fingerprint density at radius 3 is 2.20 bits per heavy atom. The molecule has 1 saturated heterocycles. The van der Waals surface area contributed by atoms with Gasteiger partial charge in [0.2, 0.25) is 0 Å². The van der Waals surface area contributed by atoms with Crippen molar-refractivity contribution in [2.24, 2.45) is 0 Å². The standard InChI is InChI=1S/C22H27NO7/c1-26-15-9-8-14(12-18(15)29-4)21-19(13-24)30-11-10-23(21)22(25)20-16(27-2)6-5-7-17(20)28-3/h5-9,12,19,21,24H,10-11,13H2,1-4H3/t19-,21-/m1/s1. The predicted molar refractivity (Wildman–Crippen MR) is 110 cm³/mol. The Hall–Kier alpha value is -2.97. The molecule has 0 saturated carbocycles. The van der Waals surface area contributed by atoms with Crippen LogP contribution in [-0.2, 0) is 4.74 Å². The van der Waals surface area contributed by atoms with E-state index in [4.69, 9.17) is 23.7 Å². The Labute approximate surface area is 175 Å². The van der Waals surface area contributed by atoms with Gasteiger partial charge < -0.3 is 33.7 Å². The summed E-state index contributed by atoms with van der Waals surface area (Å²) in [6.45, 7) is 0.402. The van der Waals surface area contributed by atoms with Gasteiger partial charge in [-0.05, 0) is 29.8 Å². The maximum atomic E-state index is 13.7. The molecule has 2 atom stereocenters. The van der Waals surface area contributed by atoms with E-state index in [0.717, 1.165) is 5.56 Å². The maximum absolute atomic E-state index is 13.7. The number of morpholine rings is 1. The first kappa shape index (κ1) is 21.7. The van der Waals surface area contributed by atoms with Crippen molar-refractivity contribution in [2.75, 3.05) is 48.2 Å². The number of aliphatic hydroxyl groups is 1. The van der Waals surface area contributed by atoms with E-state index in [9.17, 15) is 9.90 Å². The van der Waals surface area contributed by atoms with Crippen molar-refractivity contribution < 1.29 is 33.6 Å². The largest absolute Gasteiger partial charge is 0.496 e. The van der Waals surface area contributed by atoms with Gasteiger partial charge in [0.15, 0.2) is 11.5 Å². The molecule has 0 aliphatic carbocycles. The summed E-state index contributed by atoms with van der Waals surface area (Å²) in [4.78, 5) is 15.3. The van der Waals surface area contributed by atoms with Crippen LogP contribution >= 0.6 is 0 Å². The van der Waals surface area contributed by atoms with Crippen LogP contribution in [0.5, 0.6) is 23.0 Å². The van der Waals surface area contributed by atoms with Gasteiger partial charge in [0.25, 0.3) is 5.91 Å². The summed E-state index contributed by atoms with van der Waals surface area (Å²) in [7, 11) is 6.12. The van der Waals surface area contributed by atoms with Gasteiger partial charge in [0.05, 0.1) is 47.7 Å². The molecule has 1 heterocycles. The third-order valence-corrected chi connectivity index (χ3v) is 5.18. The zero-order valence-corrected chi connectivity index (χ0v) is 17.6. The molecule has 0 aromatic heterocycles. The van der Waals surface area contributed by atoms with Gasteiger partial charge in [-0.2, -0.15) is 0 Å². The highest BCUT2D eigenvalue weighted by molar-refractivity contribution is 6.00. The average Bonchev–Trinajstić information content (AvgIpc) is 2.81. The van der Waals surface area contributed by atoms with Gasteiger partial charge in [-0.3, -0.25) is 4.79 Å². The Bertz CT molecular complexity index is 864. The molecule has 8 nitrogen and oxygen atoms in total. The van der Waals surface area contributed by atoms with E-state index >= 15 is 0 Å². The lowest BCUT2D eigenvalue weighted by Crippen LogP contribution is -2.49. The van der Waals surface area contributed by atoms with Crippen molar-refractivity contribution >= 4 is 5.91 Å². The first-order valence-corrected chi connectivity index (χ1v) is 9.55. The molecule has 0 bridgehead atoms. The number of benzene rings is 2. The zero-order valence-electron chi connectivity index (χ0n) is 17.6. The minimum atomic E-state index is -0.596. The van der Waals surface area contributed by atoms with Crippen molar-refractivity contribution in [2.45, 2.75) is 12.1 Å². The number of hydrogen-bond donors (Lipinski definition) is 1. The summed E-state index contributed by atoms with van der Waals surface area (Å²) in [6, 6.07) is 10.0. The first-order valence-electron chi connectivity index (χ1n) is 9.55. The number of aliphatic hydroxyl groups excluding tert-OH is 1. The minimum Gasteiger partial charge on any atom is -0.496 e. The number of rotatable bonds is 7. The van der Waals surface area contributed by atoms with Gasteiger partial charge in [-0.1, -0.05) is 12.1 Å². The number of carbonyl (C=O) groups is 1. The van der Waals surface area contributed by atoms with Crippen molar-refractivity contribution in [3.8, 4) is 23.0 Å². The smallest absolute Gasteiger partial charge is 0.262 e. The molecule has 0 unspecified atom stereocenters. The zero-order chi connectivity index (χ0) is 21.7. The molecule has 2 aromatic carbocycles. The van der Waals surface area contributed by atoms with E-state index in [0.29, 0.717) is 41.7 Å². The SMILES string of the molecule is COc1ccc([C@@H]2[C@@H](CO)OCCN2C(=O)c2c(OC)cccc2OC)cc1OC. The van der Waals surface area contributed by atoms with Crippen molar-refractivity contribution in [3.05, 3.63) is 47.5 Å². The predicted octanol–water partition coefficient (Wildman–Crippen LogP) is 2.30. The third kappa shape index (κ3) is 4.01. The van der Waals surface area contributed by atoms with E-state index in [2.05, 4.69) is 0 Å². The van der Waals surface area contributed by atoms with Crippen LogP contribution in [0.4, 0.5) is 0 Å². The maximum Gasteiger partial charge on any atom is 0.262 e. The summed E-state index contributed by atoms with van der Waals surface area (Å²) in [5.41, 5.74) is 1.08. The van der Waals surface area contributed by atoms with Gasteiger partial charge >= 0.3 is 0 Å². The van der Waals surface area contributed by atoms with Crippen LogP contribution in [0.2, 0.25) is 0 Å². The van der Waals surface area contributed by atoms with Crippen LogP contribution in [0, 0.1) is 0 Å². The van der Waals surface area contributed by atoms with Gasteiger partial charge in [-0.25, -0.2) is 0 Å². The number of ether oxygens (including phenoxy) is 5. The molecule has 30 heavy (non-hydrogen) atoms. The highest BCUT2D eigenvalue weighted by Crippen LogP contribution is 2.38. The summed E-state index contributed by atoms with van der Waals surface area (Å²) in [5.74, 6) is 1.66. The third-order valence-electron chi connectivity index (χ3n) is 5.18. The summed E-state index contributed by atoms with van der Waals surface area (Å²) >= 11 is 0. The fourth-order valence-electron chi connectivity index (χ4n) is 3.75. The molecular formula is C22H27NO7. The van der Waals surface area contributed by atoms with Crippen molar-refractivity contribution in [1.82, 2.24) is 4.90 Å². The highest BCUT2D eigenvalue weighted by atomic mass is 16.5. The Morgan fingerprint density at radius 2 is 1.63 bits per heavy atom. The molecule has 1 fully saturated rings. The van der Waals surface area contributed by atoms with Gasteiger partial charge in [-0.15, -0.1) is 0 Å². The normalized spacial score (nSPS) is 18.6. The Kier molecular flexibility index (Phi) is 7.02. The highest BCUT2D eigenvalue weighted by Gasteiger charge is 2.38. The molecule has 1 aliphatic rings. The lowest BCUT2D eigenvalue weighted by molar-refractivity contribution is -0.0812. The van der Waals surface area contributed by atoms with Crippen LogP contribution in [0.3, 0.4) is 0 Å². The Morgan fingerprint density at radius 1 is 1.00 bits per heavy atom. The van der Waals surface area contributed by atoms with Crippen molar-refractivity contribution in [3.63, 3.8) is 0 Å². The lowest BCUT2D eigenvalue weighted by atomic mass is 9.96. The van der Waals surface area contributed by atoms with E-state index in [1.807, 2.05) is 6.07 Å². The van der Waals surface area contributed by atoms with E-state index < -0.39 is 12.1 Å². The van der Waals surface area contributed by atoms with E-state index in [1.54, 1.807) is 49.5 Å². The first-order chi connectivity index (χ1) is 14.6. The second-order valence-corrected chi connectivity index (χ2v) is 6.69. The summed E-state index contributed by atoms with van der Waals surface area (Å²) in [6.07, 6.45) is -0.596. The lowest BCUT2D eigenvalue weighted by Gasteiger charge is -2.41. The molecule has 162 valence electrons. The molecule has 0 spiro atoms. The second kappa shape index (κ2) is 9.69. The van der Waals surface area contributed by atoms with Crippen LogP contribution < -0.4 is 18.9 Å². The molecule has 2 aromatic rings. The molecule has 0 radical (unpaired) electrons. The molecule has 1 amide bonds. The van der Waals surface area contributed by atoms with Gasteiger partial charge in [0.1, 0.15) is 23.2 Å². The van der Waals surface area contributed by atoms with Crippen LogP contribution in [0.15, 0.2) is 36.4 Å². The number of nitrogens with zero attached hydrogens (tertiary/aromatic N) is 1. The van der Waals surface area contributed by atoms with Crippen LogP contribution in [0.1, 0.15) is 22.0 Å². The van der Waals surface area contributed by atoms with Gasteiger partial charge in [0, 0.05) is 6.54 Å². The van der Waals surface area contributed by atoms with Crippen molar-refractivity contribution in [1.29, 1.82) is 0 Å². The quantitative estimate of drug-likeness (QED) is 0.740. The number of hydrogen-bond acceptors (Lipinski definition) is 7. The fourth-order valence-corrected chi connectivity index (χ4v) is 3.75. The monoisotopic (exact) mass is 417 g/mol.